The highest BCUT2D eigenvalue weighted by Gasteiger charge is 2.12. The first-order valence-electron chi connectivity index (χ1n) is 7.69. The largest absolute Gasteiger partial charge is 0.307 e. The average molecular weight is 337 g/mol. The van der Waals surface area contributed by atoms with Crippen LogP contribution in [0.3, 0.4) is 0 Å². The molecule has 0 aliphatic rings. The molecule has 0 radical (unpaired) electrons. The van der Waals surface area contributed by atoms with E-state index in [0.29, 0.717) is 17.9 Å². The van der Waals surface area contributed by atoms with Crippen molar-refractivity contribution in [1.29, 1.82) is 0 Å². The molecular weight excluding hydrogens is 318 g/mol. The second kappa shape index (κ2) is 7.36. The number of carbonyl (C=O) groups is 1. The van der Waals surface area contributed by atoms with E-state index in [2.05, 4.69) is 10.4 Å². The van der Waals surface area contributed by atoms with Crippen LogP contribution in [-0.2, 0) is 6.54 Å². The van der Waals surface area contributed by atoms with E-state index in [9.17, 15) is 4.79 Å². The molecule has 2 aromatic carbocycles. The van der Waals surface area contributed by atoms with Crippen LogP contribution in [0.2, 0.25) is 0 Å². The van der Waals surface area contributed by atoms with Gasteiger partial charge in [0.05, 0.1) is 12.2 Å². The fourth-order valence-corrected chi connectivity index (χ4v) is 2.94. The van der Waals surface area contributed by atoms with Crippen LogP contribution in [0.15, 0.2) is 65.6 Å². The summed E-state index contributed by atoms with van der Waals surface area (Å²) in [5.41, 5.74) is 2.66. The minimum atomic E-state index is -0.125. The van der Waals surface area contributed by atoms with Gasteiger partial charge in [-0.2, -0.15) is 5.10 Å². The number of nitrogens with one attached hydrogen (secondary N) is 1. The SMILES string of the molecule is CSc1cccc(C(=O)Nc2cc(C)nn2Cc2ccccc2)c1. The number of benzene rings is 2. The highest BCUT2D eigenvalue weighted by Crippen LogP contribution is 2.18. The normalized spacial score (nSPS) is 10.6. The Hall–Kier alpha value is -2.53. The van der Waals surface area contributed by atoms with Crippen molar-refractivity contribution >= 4 is 23.5 Å². The van der Waals surface area contributed by atoms with E-state index in [1.807, 2.05) is 78.5 Å². The van der Waals surface area contributed by atoms with Gasteiger partial charge in [0, 0.05) is 16.5 Å². The van der Waals surface area contributed by atoms with Crippen molar-refractivity contribution in [1.82, 2.24) is 9.78 Å². The molecule has 0 unspecified atom stereocenters. The van der Waals surface area contributed by atoms with Gasteiger partial charge in [0.15, 0.2) is 0 Å². The summed E-state index contributed by atoms with van der Waals surface area (Å²) in [5, 5.41) is 7.46. The summed E-state index contributed by atoms with van der Waals surface area (Å²) in [6.45, 7) is 2.54. The van der Waals surface area contributed by atoms with Gasteiger partial charge in [0.25, 0.3) is 5.91 Å². The lowest BCUT2D eigenvalue weighted by Crippen LogP contribution is -2.16. The lowest BCUT2D eigenvalue weighted by atomic mass is 10.2. The summed E-state index contributed by atoms with van der Waals surface area (Å²) in [6, 6.07) is 19.6. The summed E-state index contributed by atoms with van der Waals surface area (Å²) < 4.78 is 1.82. The third-order valence-electron chi connectivity index (χ3n) is 3.65. The number of anilines is 1. The highest BCUT2D eigenvalue weighted by atomic mass is 32.2. The van der Waals surface area contributed by atoms with Gasteiger partial charge in [-0.05, 0) is 36.9 Å². The number of thioether (sulfide) groups is 1. The summed E-state index contributed by atoms with van der Waals surface area (Å²) >= 11 is 1.62. The van der Waals surface area contributed by atoms with E-state index < -0.39 is 0 Å². The lowest BCUT2D eigenvalue weighted by Gasteiger charge is -2.09. The first-order valence-corrected chi connectivity index (χ1v) is 8.92. The monoisotopic (exact) mass is 337 g/mol. The molecule has 0 saturated heterocycles. The molecule has 0 fully saturated rings. The predicted molar refractivity (Wildman–Crippen MR) is 98.7 cm³/mol. The minimum Gasteiger partial charge on any atom is -0.307 e. The summed E-state index contributed by atoms with van der Waals surface area (Å²) in [6.07, 6.45) is 2.00. The minimum absolute atomic E-state index is 0.125. The maximum Gasteiger partial charge on any atom is 0.256 e. The molecule has 0 atom stereocenters. The smallest absolute Gasteiger partial charge is 0.256 e. The first-order chi connectivity index (χ1) is 11.7. The second-order valence-corrected chi connectivity index (χ2v) is 6.38. The highest BCUT2D eigenvalue weighted by molar-refractivity contribution is 7.98. The van der Waals surface area contributed by atoms with E-state index in [-0.39, 0.29) is 5.91 Å². The predicted octanol–water partition coefficient (Wildman–Crippen LogP) is 4.21. The van der Waals surface area contributed by atoms with Gasteiger partial charge in [-0.3, -0.25) is 4.79 Å². The van der Waals surface area contributed by atoms with Crippen molar-refractivity contribution in [2.45, 2.75) is 18.4 Å². The maximum atomic E-state index is 12.5. The number of rotatable bonds is 5. The third-order valence-corrected chi connectivity index (χ3v) is 4.38. The molecular formula is C19H19N3OS. The van der Waals surface area contributed by atoms with E-state index in [0.717, 1.165) is 16.2 Å². The fraction of sp³-hybridized carbons (Fsp3) is 0.158. The summed E-state index contributed by atoms with van der Waals surface area (Å²) in [7, 11) is 0. The zero-order valence-corrected chi connectivity index (χ0v) is 14.5. The Morgan fingerprint density at radius 1 is 1.12 bits per heavy atom. The van der Waals surface area contributed by atoms with Crippen molar-refractivity contribution in [2.24, 2.45) is 0 Å². The van der Waals surface area contributed by atoms with Gasteiger partial charge >= 0.3 is 0 Å². The van der Waals surface area contributed by atoms with Crippen LogP contribution in [0.25, 0.3) is 0 Å². The average Bonchev–Trinajstić information content (AvgIpc) is 2.94. The van der Waals surface area contributed by atoms with Crippen LogP contribution in [0.5, 0.6) is 0 Å². The summed E-state index contributed by atoms with van der Waals surface area (Å²) in [4.78, 5) is 13.6. The molecule has 1 aromatic heterocycles. The Balaban J connectivity index is 1.81. The molecule has 0 aliphatic carbocycles. The van der Waals surface area contributed by atoms with Crippen LogP contribution in [0.1, 0.15) is 21.6 Å². The number of aryl methyl sites for hydroxylation is 1. The molecule has 0 aliphatic heterocycles. The van der Waals surface area contributed by atoms with Crippen molar-refractivity contribution in [3.8, 4) is 0 Å². The molecule has 1 heterocycles. The maximum absolute atomic E-state index is 12.5. The van der Waals surface area contributed by atoms with E-state index >= 15 is 0 Å². The van der Waals surface area contributed by atoms with Crippen LogP contribution in [-0.4, -0.2) is 21.9 Å². The zero-order chi connectivity index (χ0) is 16.9. The molecule has 0 spiro atoms. The zero-order valence-electron chi connectivity index (χ0n) is 13.7. The van der Waals surface area contributed by atoms with Gasteiger partial charge in [0.2, 0.25) is 0 Å². The number of hydrogen-bond donors (Lipinski definition) is 1. The molecule has 3 rings (SSSR count). The Morgan fingerprint density at radius 2 is 1.92 bits per heavy atom. The number of aromatic nitrogens is 2. The molecule has 1 N–H and O–H groups in total. The lowest BCUT2D eigenvalue weighted by molar-refractivity contribution is 0.102. The molecule has 5 heteroatoms. The van der Waals surface area contributed by atoms with Crippen LogP contribution < -0.4 is 5.32 Å². The number of nitrogens with zero attached hydrogens (tertiary/aromatic N) is 2. The van der Waals surface area contributed by atoms with Crippen molar-refractivity contribution in [3.05, 3.63) is 77.5 Å². The van der Waals surface area contributed by atoms with Gasteiger partial charge in [-0.25, -0.2) is 4.68 Å². The molecule has 1 amide bonds. The van der Waals surface area contributed by atoms with E-state index in [4.69, 9.17) is 0 Å². The molecule has 122 valence electrons. The van der Waals surface area contributed by atoms with Crippen LogP contribution in [0.4, 0.5) is 5.82 Å². The van der Waals surface area contributed by atoms with Crippen molar-refractivity contribution < 1.29 is 4.79 Å². The fourth-order valence-electron chi connectivity index (χ4n) is 2.48. The Labute approximate surface area is 145 Å². The first kappa shape index (κ1) is 16.3. The Morgan fingerprint density at radius 3 is 2.67 bits per heavy atom. The van der Waals surface area contributed by atoms with Crippen LogP contribution >= 0.6 is 11.8 Å². The second-order valence-electron chi connectivity index (χ2n) is 5.50. The molecule has 3 aromatic rings. The number of amides is 1. The molecule has 24 heavy (non-hydrogen) atoms. The molecule has 0 saturated carbocycles. The van der Waals surface area contributed by atoms with Gasteiger partial charge < -0.3 is 5.32 Å². The van der Waals surface area contributed by atoms with Crippen LogP contribution in [0, 0.1) is 6.92 Å². The summed E-state index contributed by atoms with van der Waals surface area (Å²) in [5.74, 6) is 0.580. The van der Waals surface area contributed by atoms with Gasteiger partial charge in [0.1, 0.15) is 5.82 Å². The van der Waals surface area contributed by atoms with Crippen molar-refractivity contribution in [3.63, 3.8) is 0 Å². The van der Waals surface area contributed by atoms with Gasteiger partial charge in [-0.15, -0.1) is 11.8 Å². The van der Waals surface area contributed by atoms with Gasteiger partial charge in [-0.1, -0.05) is 36.4 Å². The van der Waals surface area contributed by atoms with E-state index in [1.54, 1.807) is 11.8 Å². The van der Waals surface area contributed by atoms with Crippen molar-refractivity contribution in [2.75, 3.05) is 11.6 Å². The molecule has 4 nitrogen and oxygen atoms in total. The Bertz CT molecular complexity index is 843. The topological polar surface area (TPSA) is 46.9 Å². The Kier molecular flexibility index (Phi) is 5.01. The standard InChI is InChI=1S/C19H19N3OS/c1-14-11-18(22(21-14)13-15-7-4-3-5-8-15)20-19(23)16-9-6-10-17(12-16)24-2/h3-12H,13H2,1-2H3,(H,20,23). The number of carbonyl (C=O) groups excluding carboxylic acids is 1. The third kappa shape index (κ3) is 3.86. The quantitative estimate of drug-likeness (QED) is 0.709. The number of hydrogen-bond acceptors (Lipinski definition) is 3. The molecule has 0 bridgehead atoms. The van der Waals surface area contributed by atoms with E-state index in [1.165, 1.54) is 0 Å².